The molecule has 0 radical (unpaired) electrons. The van der Waals surface area contributed by atoms with Crippen molar-refractivity contribution in [3.63, 3.8) is 0 Å². The molecule has 1 fully saturated rings. The van der Waals surface area contributed by atoms with Crippen molar-refractivity contribution in [1.82, 2.24) is 4.90 Å². The van der Waals surface area contributed by atoms with Crippen molar-refractivity contribution in [3.8, 4) is 5.75 Å². The van der Waals surface area contributed by atoms with Crippen LogP contribution in [0, 0.1) is 6.92 Å². The van der Waals surface area contributed by atoms with Crippen LogP contribution in [0.25, 0.3) is 0 Å². The zero-order valence-corrected chi connectivity index (χ0v) is 12.5. The Labute approximate surface area is 120 Å². The van der Waals surface area contributed by atoms with Gasteiger partial charge in [0.05, 0.1) is 12.2 Å². The highest BCUT2D eigenvalue weighted by Crippen LogP contribution is 2.21. The number of carbonyl (C=O) groups excluding carboxylic acids is 1. The molecule has 20 heavy (non-hydrogen) atoms. The summed E-state index contributed by atoms with van der Waals surface area (Å²) >= 11 is 0. The third kappa shape index (κ3) is 3.81. The van der Waals surface area contributed by atoms with Crippen LogP contribution in [0.3, 0.4) is 0 Å². The summed E-state index contributed by atoms with van der Waals surface area (Å²) in [5.41, 5.74) is 1.71. The lowest BCUT2D eigenvalue weighted by Gasteiger charge is -2.32. The summed E-state index contributed by atoms with van der Waals surface area (Å²) in [4.78, 5) is 14.0. The zero-order valence-electron chi connectivity index (χ0n) is 12.5. The average molecular weight is 277 g/mol. The predicted octanol–water partition coefficient (Wildman–Crippen LogP) is 2.30. The fourth-order valence-electron chi connectivity index (χ4n) is 2.40. The van der Waals surface area contributed by atoms with E-state index < -0.39 is 0 Å². The van der Waals surface area contributed by atoms with Crippen LogP contribution in [0.1, 0.15) is 29.8 Å². The van der Waals surface area contributed by atoms with E-state index in [2.05, 4.69) is 11.8 Å². The van der Waals surface area contributed by atoms with Gasteiger partial charge in [0.15, 0.2) is 5.78 Å². The maximum absolute atomic E-state index is 11.6. The number of Topliss-reactive ketones (excluding diaryl/α,β-unsaturated/α-hetero) is 1. The first-order valence-corrected chi connectivity index (χ1v) is 7.18. The maximum Gasteiger partial charge on any atom is 0.163 e. The predicted molar refractivity (Wildman–Crippen MR) is 78.5 cm³/mol. The van der Waals surface area contributed by atoms with Gasteiger partial charge in [0, 0.05) is 13.1 Å². The third-order valence-corrected chi connectivity index (χ3v) is 3.61. The minimum atomic E-state index is 0.0310. The lowest BCUT2D eigenvalue weighted by molar-refractivity contribution is -0.0464. The summed E-state index contributed by atoms with van der Waals surface area (Å²) < 4.78 is 11.5. The van der Waals surface area contributed by atoms with Crippen molar-refractivity contribution in [3.05, 3.63) is 29.3 Å². The average Bonchev–Trinajstić information content (AvgIpc) is 2.46. The molecule has 1 aromatic rings. The molecule has 0 aliphatic carbocycles. The minimum Gasteiger partial charge on any atom is -0.490 e. The Morgan fingerprint density at radius 2 is 2.30 bits per heavy atom. The molecule has 1 aliphatic heterocycles. The molecule has 2 rings (SSSR count). The number of ether oxygens (including phenoxy) is 2. The van der Waals surface area contributed by atoms with E-state index in [0.29, 0.717) is 17.9 Å². The minimum absolute atomic E-state index is 0.0310. The van der Waals surface area contributed by atoms with Gasteiger partial charge in [-0.1, -0.05) is 18.6 Å². The van der Waals surface area contributed by atoms with Crippen molar-refractivity contribution in [1.29, 1.82) is 0 Å². The van der Waals surface area contributed by atoms with E-state index in [9.17, 15) is 4.79 Å². The molecule has 1 heterocycles. The standard InChI is InChI=1S/C16H23NO3/c1-4-17-7-8-19-14(10-17)11-20-16-6-5-12(2)9-15(16)13(3)18/h5-6,9,14H,4,7-8,10-11H2,1-3H3. The Hall–Kier alpha value is -1.39. The molecule has 110 valence electrons. The fourth-order valence-corrected chi connectivity index (χ4v) is 2.40. The molecule has 1 unspecified atom stereocenters. The van der Waals surface area contributed by atoms with Gasteiger partial charge in [-0.3, -0.25) is 9.69 Å². The number of rotatable bonds is 5. The van der Waals surface area contributed by atoms with Crippen molar-refractivity contribution in [2.24, 2.45) is 0 Å². The highest BCUT2D eigenvalue weighted by atomic mass is 16.5. The summed E-state index contributed by atoms with van der Waals surface area (Å²) in [5, 5.41) is 0. The molecular formula is C16H23NO3. The summed E-state index contributed by atoms with van der Waals surface area (Å²) in [6.07, 6.45) is 0.0739. The monoisotopic (exact) mass is 277 g/mol. The molecule has 0 spiro atoms. The van der Waals surface area contributed by atoms with E-state index in [1.54, 1.807) is 6.92 Å². The highest BCUT2D eigenvalue weighted by Gasteiger charge is 2.20. The van der Waals surface area contributed by atoms with E-state index >= 15 is 0 Å². The van der Waals surface area contributed by atoms with E-state index in [4.69, 9.17) is 9.47 Å². The smallest absolute Gasteiger partial charge is 0.163 e. The number of aryl methyl sites for hydroxylation is 1. The van der Waals surface area contributed by atoms with E-state index in [1.807, 2.05) is 25.1 Å². The molecular weight excluding hydrogens is 254 g/mol. The summed E-state index contributed by atoms with van der Waals surface area (Å²) in [7, 11) is 0. The molecule has 1 aromatic carbocycles. The quantitative estimate of drug-likeness (QED) is 0.774. The Kier molecular flexibility index (Phi) is 5.15. The Bertz CT molecular complexity index is 473. The molecule has 0 N–H and O–H groups in total. The molecule has 1 saturated heterocycles. The van der Waals surface area contributed by atoms with Gasteiger partial charge < -0.3 is 9.47 Å². The summed E-state index contributed by atoms with van der Waals surface area (Å²) in [6, 6.07) is 5.70. The van der Waals surface area contributed by atoms with Gasteiger partial charge in [-0.15, -0.1) is 0 Å². The lowest BCUT2D eigenvalue weighted by atomic mass is 10.1. The number of morpholine rings is 1. The first-order chi connectivity index (χ1) is 9.60. The van der Waals surface area contributed by atoms with Gasteiger partial charge in [-0.25, -0.2) is 0 Å². The molecule has 4 heteroatoms. The Balaban J connectivity index is 1.98. The number of hydrogen-bond donors (Lipinski definition) is 0. The highest BCUT2D eigenvalue weighted by molar-refractivity contribution is 5.97. The van der Waals surface area contributed by atoms with Crippen LogP contribution in [0.2, 0.25) is 0 Å². The molecule has 1 aliphatic rings. The van der Waals surface area contributed by atoms with Crippen LogP contribution in [0.5, 0.6) is 5.75 Å². The van der Waals surface area contributed by atoms with Crippen LogP contribution in [0.4, 0.5) is 0 Å². The number of hydrogen-bond acceptors (Lipinski definition) is 4. The second kappa shape index (κ2) is 6.86. The van der Waals surface area contributed by atoms with Crippen LogP contribution >= 0.6 is 0 Å². The van der Waals surface area contributed by atoms with Gasteiger partial charge in [0.2, 0.25) is 0 Å². The first kappa shape index (κ1) is 15.0. The largest absolute Gasteiger partial charge is 0.490 e. The normalized spacial score (nSPS) is 19.9. The molecule has 4 nitrogen and oxygen atoms in total. The SMILES string of the molecule is CCN1CCOC(COc2ccc(C)cc2C(C)=O)C1. The van der Waals surface area contributed by atoms with Gasteiger partial charge in [-0.05, 0) is 32.5 Å². The van der Waals surface area contributed by atoms with Gasteiger partial charge >= 0.3 is 0 Å². The molecule has 0 bridgehead atoms. The lowest BCUT2D eigenvalue weighted by Crippen LogP contribution is -2.44. The second-order valence-electron chi connectivity index (χ2n) is 5.25. The van der Waals surface area contributed by atoms with Crippen molar-refractivity contribution in [2.45, 2.75) is 26.9 Å². The van der Waals surface area contributed by atoms with Gasteiger partial charge in [0.1, 0.15) is 18.5 Å². The Morgan fingerprint density at radius 1 is 1.50 bits per heavy atom. The van der Waals surface area contributed by atoms with Crippen LogP contribution < -0.4 is 4.74 Å². The van der Waals surface area contributed by atoms with E-state index in [-0.39, 0.29) is 11.9 Å². The second-order valence-corrected chi connectivity index (χ2v) is 5.25. The zero-order chi connectivity index (χ0) is 14.5. The number of nitrogens with zero attached hydrogens (tertiary/aromatic N) is 1. The molecule has 1 atom stereocenters. The van der Waals surface area contributed by atoms with Crippen molar-refractivity contribution < 1.29 is 14.3 Å². The number of ketones is 1. The summed E-state index contributed by atoms with van der Waals surface area (Å²) in [5.74, 6) is 0.684. The molecule has 0 saturated carbocycles. The van der Waals surface area contributed by atoms with Crippen molar-refractivity contribution >= 4 is 5.78 Å². The summed E-state index contributed by atoms with van der Waals surface area (Å²) in [6.45, 7) is 9.82. The topological polar surface area (TPSA) is 38.8 Å². The Morgan fingerprint density at radius 3 is 3.00 bits per heavy atom. The van der Waals surface area contributed by atoms with Crippen molar-refractivity contribution in [2.75, 3.05) is 32.8 Å². The number of likely N-dealkylation sites (N-methyl/N-ethyl adjacent to an activating group) is 1. The van der Waals surface area contributed by atoms with Gasteiger partial charge in [0.25, 0.3) is 0 Å². The van der Waals surface area contributed by atoms with E-state index in [0.717, 1.165) is 31.8 Å². The van der Waals surface area contributed by atoms with Crippen LogP contribution in [-0.4, -0.2) is 49.6 Å². The molecule has 0 amide bonds. The van der Waals surface area contributed by atoms with E-state index in [1.165, 1.54) is 0 Å². The fraction of sp³-hybridized carbons (Fsp3) is 0.562. The van der Waals surface area contributed by atoms with Crippen LogP contribution in [-0.2, 0) is 4.74 Å². The molecule has 0 aromatic heterocycles. The van der Waals surface area contributed by atoms with Gasteiger partial charge in [-0.2, -0.15) is 0 Å². The maximum atomic E-state index is 11.6. The van der Waals surface area contributed by atoms with Crippen LogP contribution in [0.15, 0.2) is 18.2 Å². The first-order valence-electron chi connectivity index (χ1n) is 7.18. The number of benzene rings is 1. The third-order valence-electron chi connectivity index (χ3n) is 3.61. The number of carbonyl (C=O) groups is 1.